The lowest BCUT2D eigenvalue weighted by Gasteiger charge is -2.16. The third-order valence-electron chi connectivity index (χ3n) is 4.94. The number of benzene rings is 3. The highest BCUT2D eigenvalue weighted by atomic mass is 16.2. The van der Waals surface area contributed by atoms with Crippen molar-refractivity contribution in [2.24, 2.45) is 5.10 Å². The van der Waals surface area contributed by atoms with Crippen LogP contribution in [0.25, 0.3) is 10.8 Å². The molecule has 0 aromatic heterocycles. The lowest BCUT2D eigenvalue weighted by molar-refractivity contribution is -0.119. The van der Waals surface area contributed by atoms with Crippen LogP contribution in [0.5, 0.6) is 0 Å². The Balaban J connectivity index is 1.39. The molecule has 3 aromatic carbocycles. The van der Waals surface area contributed by atoms with E-state index in [2.05, 4.69) is 22.7 Å². The average Bonchev–Trinajstić information content (AvgIpc) is 2.99. The van der Waals surface area contributed by atoms with E-state index in [0.29, 0.717) is 5.56 Å². The zero-order valence-electron chi connectivity index (χ0n) is 15.7. The minimum Gasteiger partial charge on any atom is -0.298 e. The summed E-state index contributed by atoms with van der Waals surface area (Å²) in [4.78, 5) is 26.6. The van der Waals surface area contributed by atoms with Crippen molar-refractivity contribution in [1.82, 2.24) is 5.43 Å². The number of carbonyl (C=O) groups is 2. The lowest BCUT2D eigenvalue weighted by atomic mass is 10.1. The second-order valence-corrected chi connectivity index (χ2v) is 6.94. The molecule has 1 heterocycles. The molecule has 28 heavy (non-hydrogen) atoms. The fraction of sp³-hybridized carbons (Fsp3) is 0.174. The van der Waals surface area contributed by atoms with Gasteiger partial charge in [0.15, 0.2) is 0 Å². The first kappa shape index (κ1) is 17.9. The number of hydrogen-bond acceptors (Lipinski definition) is 3. The van der Waals surface area contributed by atoms with Crippen LogP contribution in [0.4, 0.5) is 5.69 Å². The Morgan fingerprint density at radius 3 is 2.54 bits per heavy atom. The summed E-state index contributed by atoms with van der Waals surface area (Å²) in [5.74, 6) is -0.455. The van der Waals surface area contributed by atoms with Crippen molar-refractivity contribution in [3.63, 3.8) is 0 Å². The standard InChI is InChI=1S/C23H21N3O2/c1-16(13-14-17-7-3-2-4-8-17)24-25-21(27)15-26-20-12-6-10-18-9-5-11-19(22(18)20)23(26)28/h2-12H,13-15H2,1H3,(H,25,27)/b24-16-. The molecule has 3 aromatic rings. The number of carbonyl (C=O) groups excluding carboxylic acids is 2. The third-order valence-corrected chi connectivity index (χ3v) is 4.94. The minimum atomic E-state index is -0.308. The Morgan fingerprint density at radius 2 is 1.75 bits per heavy atom. The van der Waals surface area contributed by atoms with Crippen molar-refractivity contribution in [3.05, 3.63) is 77.9 Å². The van der Waals surface area contributed by atoms with Crippen molar-refractivity contribution < 1.29 is 9.59 Å². The summed E-state index contributed by atoms with van der Waals surface area (Å²) in [6.07, 6.45) is 1.63. The van der Waals surface area contributed by atoms with Crippen LogP contribution in [0.3, 0.4) is 0 Å². The van der Waals surface area contributed by atoms with Crippen LogP contribution < -0.4 is 10.3 Å². The predicted molar refractivity (Wildman–Crippen MR) is 112 cm³/mol. The van der Waals surface area contributed by atoms with Gasteiger partial charge in [0.2, 0.25) is 0 Å². The van der Waals surface area contributed by atoms with Gasteiger partial charge in [-0.15, -0.1) is 0 Å². The van der Waals surface area contributed by atoms with Gasteiger partial charge in [-0.25, -0.2) is 5.43 Å². The Kier molecular flexibility index (Phi) is 4.89. The largest absolute Gasteiger partial charge is 0.298 e. The minimum absolute atomic E-state index is 0.0535. The molecule has 0 bridgehead atoms. The highest BCUT2D eigenvalue weighted by Gasteiger charge is 2.30. The Bertz CT molecular complexity index is 1070. The molecule has 2 amide bonds. The molecule has 0 unspecified atom stereocenters. The summed E-state index contributed by atoms with van der Waals surface area (Å²) in [6, 6.07) is 21.5. The fourth-order valence-electron chi connectivity index (χ4n) is 3.50. The fourth-order valence-corrected chi connectivity index (χ4v) is 3.50. The predicted octanol–water partition coefficient (Wildman–Crippen LogP) is 3.92. The number of anilines is 1. The van der Waals surface area contributed by atoms with E-state index in [9.17, 15) is 9.59 Å². The van der Waals surface area contributed by atoms with Crippen molar-refractivity contribution in [3.8, 4) is 0 Å². The number of nitrogens with zero attached hydrogens (tertiary/aromatic N) is 2. The van der Waals surface area contributed by atoms with E-state index in [1.165, 1.54) is 10.5 Å². The molecular formula is C23H21N3O2. The molecule has 5 heteroatoms. The maximum absolute atomic E-state index is 12.7. The molecule has 140 valence electrons. The zero-order valence-corrected chi connectivity index (χ0v) is 15.7. The second-order valence-electron chi connectivity index (χ2n) is 6.94. The maximum atomic E-state index is 12.7. The van der Waals surface area contributed by atoms with Gasteiger partial charge in [-0.1, -0.05) is 54.6 Å². The molecule has 1 aliphatic rings. The van der Waals surface area contributed by atoms with Crippen LogP contribution in [0.1, 0.15) is 29.3 Å². The Morgan fingerprint density at radius 1 is 1.00 bits per heavy atom. The van der Waals surface area contributed by atoms with Gasteiger partial charge >= 0.3 is 0 Å². The van der Waals surface area contributed by atoms with Crippen LogP contribution in [0.2, 0.25) is 0 Å². The van der Waals surface area contributed by atoms with Gasteiger partial charge in [0.05, 0.1) is 5.69 Å². The van der Waals surface area contributed by atoms with Crippen LogP contribution in [-0.2, 0) is 11.2 Å². The SMILES string of the molecule is C/C(CCc1ccccc1)=N/NC(=O)CN1C(=O)c2cccc3cccc1c23. The summed E-state index contributed by atoms with van der Waals surface area (Å²) in [5, 5.41) is 6.09. The Hall–Kier alpha value is -3.47. The average molecular weight is 371 g/mol. The van der Waals surface area contributed by atoms with E-state index in [1.807, 2.05) is 55.5 Å². The number of aryl methyl sites for hydroxylation is 1. The lowest BCUT2D eigenvalue weighted by Crippen LogP contribution is -2.37. The van der Waals surface area contributed by atoms with Gasteiger partial charge in [-0.3, -0.25) is 14.5 Å². The van der Waals surface area contributed by atoms with E-state index in [-0.39, 0.29) is 18.4 Å². The van der Waals surface area contributed by atoms with Gasteiger partial charge in [0.25, 0.3) is 11.8 Å². The highest BCUT2D eigenvalue weighted by Crippen LogP contribution is 2.36. The number of nitrogens with one attached hydrogen (secondary N) is 1. The molecule has 5 nitrogen and oxygen atoms in total. The zero-order chi connectivity index (χ0) is 19.5. The summed E-state index contributed by atoms with van der Waals surface area (Å²) in [5.41, 5.74) is 6.07. The van der Waals surface area contributed by atoms with E-state index in [4.69, 9.17) is 0 Å². The second kappa shape index (κ2) is 7.64. The first-order chi connectivity index (χ1) is 13.6. The molecule has 0 saturated heterocycles. The first-order valence-corrected chi connectivity index (χ1v) is 9.33. The van der Waals surface area contributed by atoms with E-state index in [0.717, 1.165) is 35.0 Å². The smallest absolute Gasteiger partial charge is 0.260 e. The molecule has 0 atom stereocenters. The molecular weight excluding hydrogens is 350 g/mol. The topological polar surface area (TPSA) is 61.8 Å². The normalized spacial score (nSPS) is 13.2. The molecule has 0 saturated carbocycles. The molecule has 0 fully saturated rings. The number of hydrogen-bond donors (Lipinski definition) is 1. The van der Waals surface area contributed by atoms with Crippen LogP contribution in [0.15, 0.2) is 71.8 Å². The van der Waals surface area contributed by atoms with Gasteiger partial charge in [-0.2, -0.15) is 5.10 Å². The molecule has 4 rings (SSSR count). The monoisotopic (exact) mass is 371 g/mol. The van der Waals surface area contributed by atoms with Crippen LogP contribution in [-0.4, -0.2) is 24.1 Å². The van der Waals surface area contributed by atoms with Crippen molar-refractivity contribution >= 4 is 34.0 Å². The third kappa shape index (κ3) is 3.51. The summed E-state index contributed by atoms with van der Waals surface area (Å²) in [7, 11) is 0. The van der Waals surface area contributed by atoms with E-state index < -0.39 is 0 Å². The van der Waals surface area contributed by atoms with Crippen molar-refractivity contribution in [1.29, 1.82) is 0 Å². The van der Waals surface area contributed by atoms with Crippen LogP contribution in [0, 0.1) is 0 Å². The Labute approximate surface area is 163 Å². The number of amides is 2. The molecule has 1 aliphatic heterocycles. The van der Waals surface area contributed by atoms with Crippen molar-refractivity contribution in [2.75, 3.05) is 11.4 Å². The number of hydrazone groups is 1. The van der Waals surface area contributed by atoms with Gasteiger partial charge in [-0.05, 0) is 42.8 Å². The molecule has 0 aliphatic carbocycles. The first-order valence-electron chi connectivity index (χ1n) is 9.33. The summed E-state index contributed by atoms with van der Waals surface area (Å²) >= 11 is 0. The molecule has 0 spiro atoms. The van der Waals surface area contributed by atoms with Gasteiger partial charge in [0, 0.05) is 16.7 Å². The van der Waals surface area contributed by atoms with Crippen molar-refractivity contribution in [2.45, 2.75) is 19.8 Å². The van der Waals surface area contributed by atoms with E-state index in [1.54, 1.807) is 6.07 Å². The van der Waals surface area contributed by atoms with Gasteiger partial charge in [0.1, 0.15) is 6.54 Å². The molecule has 0 radical (unpaired) electrons. The highest BCUT2D eigenvalue weighted by molar-refractivity contribution is 6.26. The summed E-state index contributed by atoms with van der Waals surface area (Å²) in [6.45, 7) is 1.84. The van der Waals surface area contributed by atoms with Gasteiger partial charge < -0.3 is 0 Å². The van der Waals surface area contributed by atoms with Crippen LogP contribution >= 0.6 is 0 Å². The maximum Gasteiger partial charge on any atom is 0.260 e. The quantitative estimate of drug-likeness (QED) is 0.527. The van der Waals surface area contributed by atoms with E-state index >= 15 is 0 Å². The molecule has 1 N–H and O–H groups in total. The summed E-state index contributed by atoms with van der Waals surface area (Å²) < 4.78 is 0. The number of rotatable bonds is 6.